The van der Waals surface area contributed by atoms with Gasteiger partial charge in [0.2, 0.25) is 6.79 Å². The largest absolute Gasteiger partial charge is 0.454 e. The van der Waals surface area contributed by atoms with E-state index in [1.807, 2.05) is 30.3 Å². The van der Waals surface area contributed by atoms with E-state index >= 15 is 0 Å². The Morgan fingerprint density at radius 3 is 2.57 bits per heavy atom. The van der Waals surface area contributed by atoms with Crippen LogP contribution in [0.2, 0.25) is 0 Å². The average Bonchev–Trinajstić information content (AvgIpc) is 3.18. The molecule has 0 aromatic heterocycles. The van der Waals surface area contributed by atoms with Crippen LogP contribution in [0.1, 0.15) is 22.8 Å². The second-order valence-corrected chi connectivity index (χ2v) is 5.94. The number of rotatable bonds is 5. The molecule has 2 aromatic carbocycles. The van der Waals surface area contributed by atoms with Crippen molar-refractivity contribution in [1.29, 1.82) is 0 Å². The zero-order chi connectivity index (χ0) is 19.9. The van der Waals surface area contributed by atoms with E-state index in [4.69, 9.17) is 14.2 Å². The summed E-state index contributed by atoms with van der Waals surface area (Å²) >= 11 is 0. The highest BCUT2D eigenvalue weighted by molar-refractivity contribution is 5.96. The van der Waals surface area contributed by atoms with E-state index < -0.39 is 23.9 Å². The molecule has 146 valence electrons. The lowest BCUT2D eigenvalue weighted by atomic mass is 10.2. The Morgan fingerprint density at radius 2 is 1.79 bits per heavy atom. The Balaban J connectivity index is 1.42. The first kappa shape index (κ1) is 19.0. The molecule has 1 aliphatic heterocycles. The monoisotopic (exact) mass is 385 g/mol. The summed E-state index contributed by atoms with van der Waals surface area (Å²) in [5, 5.41) is 2.39. The highest BCUT2D eigenvalue weighted by atomic mass is 16.7. The molecule has 0 unspecified atom stereocenters. The average molecular weight is 385 g/mol. The zero-order valence-corrected chi connectivity index (χ0v) is 15.1. The number of hydrogen-bond donors (Lipinski definition) is 3. The third kappa shape index (κ3) is 4.91. The molecule has 1 atom stereocenters. The number of nitrogens with one attached hydrogen (secondary N) is 3. The van der Waals surface area contributed by atoms with Crippen LogP contribution < -0.4 is 25.6 Å². The standard InChI is InChI=1S/C19H19N3O6/c1-12(20-19(25)26-10-13-5-3-2-4-6-13)17(23)21-22-18(24)14-7-8-15-16(9-14)28-11-27-15/h2-9,12H,10-11H2,1H3,(H,20,25)(H,21,23)(H,22,24)/t12-/m0/s1. The van der Waals surface area contributed by atoms with Crippen LogP contribution in [0.3, 0.4) is 0 Å². The van der Waals surface area contributed by atoms with Gasteiger partial charge in [0.1, 0.15) is 12.6 Å². The molecular formula is C19H19N3O6. The van der Waals surface area contributed by atoms with Crippen LogP contribution in [0.15, 0.2) is 48.5 Å². The minimum atomic E-state index is -0.916. The van der Waals surface area contributed by atoms with Crippen molar-refractivity contribution in [3.8, 4) is 11.5 Å². The van der Waals surface area contributed by atoms with Crippen molar-refractivity contribution in [3.05, 3.63) is 59.7 Å². The number of alkyl carbamates (subject to hydrolysis) is 1. The molecule has 3 rings (SSSR count). The number of benzene rings is 2. The summed E-state index contributed by atoms with van der Waals surface area (Å²) in [6.45, 7) is 1.65. The third-order valence-electron chi connectivity index (χ3n) is 3.87. The number of amides is 3. The summed E-state index contributed by atoms with van der Waals surface area (Å²) in [5.41, 5.74) is 5.63. The van der Waals surface area contributed by atoms with Crippen LogP contribution >= 0.6 is 0 Å². The second kappa shape index (κ2) is 8.76. The van der Waals surface area contributed by atoms with Gasteiger partial charge in [-0.3, -0.25) is 20.4 Å². The molecule has 1 aliphatic rings. The van der Waals surface area contributed by atoms with Gasteiger partial charge in [0.05, 0.1) is 0 Å². The minimum absolute atomic E-state index is 0.0852. The third-order valence-corrected chi connectivity index (χ3v) is 3.87. The Labute approximate surface area is 160 Å². The highest BCUT2D eigenvalue weighted by Crippen LogP contribution is 2.32. The summed E-state index contributed by atoms with van der Waals surface area (Å²) in [6.07, 6.45) is -0.742. The van der Waals surface area contributed by atoms with Gasteiger partial charge in [-0.05, 0) is 30.7 Å². The normalized spacial score (nSPS) is 12.6. The van der Waals surface area contributed by atoms with Crippen molar-refractivity contribution in [3.63, 3.8) is 0 Å². The van der Waals surface area contributed by atoms with Crippen LogP contribution in [-0.4, -0.2) is 30.7 Å². The predicted octanol–water partition coefficient (Wildman–Crippen LogP) is 1.49. The first-order valence-corrected chi connectivity index (χ1v) is 8.50. The quantitative estimate of drug-likeness (QED) is 0.672. The predicted molar refractivity (Wildman–Crippen MR) is 97.4 cm³/mol. The summed E-state index contributed by atoms with van der Waals surface area (Å²) in [6, 6.07) is 12.9. The molecular weight excluding hydrogens is 366 g/mol. The molecule has 0 saturated carbocycles. The fourth-order valence-corrected chi connectivity index (χ4v) is 2.34. The summed E-state index contributed by atoms with van der Waals surface area (Å²) in [7, 11) is 0. The Kier molecular flexibility index (Phi) is 5.95. The number of carbonyl (C=O) groups excluding carboxylic acids is 3. The number of ether oxygens (including phenoxy) is 3. The molecule has 0 spiro atoms. The van der Waals surface area contributed by atoms with Crippen molar-refractivity contribution < 1.29 is 28.6 Å². The van der Waals surface area contributed by atoms with E-state index in [0.717, 1.165) is 5.56 Å². The molecule has 2 aromatic rings. The molecule has 9 heteroatoms. The Bertz CT molecular complexity index is 871. The smallest absolute Gasteiger partial charge is 0.408 e. The Morgan fingerprint density at radius 1 is 1.04 bits per heavy atom. The molecule has 0 bridgehead atoms. The van der Waals surface area contributed by atoms with Crippen LogP contribution in [-0.2, 0) is 16.1 Å². The minimum Gasteiger partial charge on any atom is -0.454 e. The van der Waals surface area contributed by atoms with Gasteiger partial charge >= 0.3 is 6.09 Å². The van der Waals surface area contributed by atoms with E-state index in [1.54, 1.807) is 6.07 Å². The first-order chi connectivity index (χ1) is 13.5. The maximum Gasteiger partial charge on any atom is 0.408 e. The Hall–Kier alpha value is -3.75. The molecule has 0 fully saturated rings. The van der Waals surface area contributed by atoms with Crippen LogP contribution in [0.4, 0.5) is 4.79 Å². The zero-order valence-electron chi connectivity index (χ0n) is 15.1. The van der Waals surface area contributed by atoms with Gasteiger partial charge in [-0.25, -0.2) is 4.79 Å². The maximum atomic E-state index is 12.1. The van der Waals surface area contributed by atoms with Crippen LogP contribution in [0, 0.1) is 0 Å². The maximum absolute atomic E-state index is 12.1. The lowest BCUT2D eigenvalue weighted by Crippen LogP contribution is -2.51. The van der Waals surface area contributed by atoms with Crippen LogP contribution in [0.5, 0.6) is 11.5 Å². The fourth-order valence-electron chi connectivity index (χ4n) is 2.34. The van der Waals surface area contributed by atoms with E-state index in [1.165, 1.54) is 19.1 Å². The second-order valence-electron chi connectivity index (χ2n) is 5.94. The van der Waals surface area contributed by atoms with Crippen molar-refractivity contribution >= 4 is 17.9 Å². The lowest BCUT2D eigenvalue weighted by molar-refractivity contribution is -0.123. The van der Waals surface area contributed by atoms with E-state index in [9.17, 15) is 14.4 Å². The molecule has 0 saturated heterocycles. The van der Waals surface area contributed by atoms with Gasteiger partial charge in [-0.1, -0.05) is 30.3 Å². The lowest BCUT2D eigenvalue weighted by Gasteiger charge is -2.15. The number of hydrogen-bond acceptors (Lipinski definition) is 6. The number of carbonyl (C=O) groups is 3. The van der Waals surface area contributed by atoms with Gasteiger partial charge < -0.3 is 19.5 Å². The SMILES string of the molecule is C[C@H](NC(=O)OCc1ccccc1)C(=O)NNC(=O)c1ccc2c(c1)OCO2. The van der Waals surface area contributed by atoms with Gasteiger partial charge in [0.15, 0.2) is 11.5 Å². The number of hydrazine groups is 1. The molecule has 9 nitrogen and oxygen atoms in total. The van der Waals surface area contributed by atoms with Gasteiger partial charge in [-0.2, -0.15) is 0 Å². The van der Waals surface area contributed by atoms with E-state index in [-0.39, 0.29) is 19.0 Å². The topological polar surface area (TPSA) is 115 Å². The van der Waals surface area contributed by atoms with Gasteiger partial charge in [-0.15, -0.1) is 0 Å². The molecule has 28 heavy (non-hydrogen) atoms. The highest BCUT2D eigenvalue weighted by Gasteiger charge is 2.19. The summed E-state index contributed by atoms with van der Waals surface area (Å²) in [4.78, 5) is 35.9. The van der Waals surface area contributed by atoms with Crippen molar-refractivity contribution in [2.75, 3.05) is 6.79 Å². The van der Waals surface area contributed by atoms with Gasteiger partial charge in [0, 0.05) is 5.56 Å². The van der Waals surface area contributed by atoms with Crippen LogP contribution in [0.25, 0.3) is 0 Å². The molecule has 0 aliphatic carbocycles. The molecule has 0 radical (unpaired) electrons. The first-order valence-electron chi connectivity index (χ1n) is 8.50. The van der Waals surface area contributed by atoms with Crippen molar-refractivity contribution in [2.24, 2.45) is 0 Å². The number of fused-ring (bicyclic) bond motifs is 1. The van der Waals surface area contributed by atoms with E-state index in [2.05, 4.69) is 16.2 Å². The van der Waals surface area contributed by atoms with E-state index in [0.29, 0.717) is 11.5 Å². The molecule has 3 N–H and O–H groups in total. The summed E-state index contributed by atoms with van der Waals surface area (Å²) in [5.74, 6) is -0.140. The molecule has 1 heterocycles. The summed E-state index contributed by atoms with van der Waals surface area (Å²) < 4.78 is 15.4. The fraction of sp³-hybridized carbons (Fsp3) is 0.211. The van der Waals surface area contributed by atoms with Gasteiger partial charge in [0.25, 0.3) is 11.8 Å². The van der Waals surface area contributed by atoms with Crippen molar-refractivity contribution in [1.82, 2.24) is 16.2 Å². The molecule has 3 amide bonds. The van der Waals surface area contributed by atoms with Crippen molar-refractivity contribution in [2.45, 2.75) is 19.6 Å².